The predicted molar refractivity (Wildman–Crippen MR) is 70.0 cm³/mol. The molecule has 0 aliphatic carbocycles. The highest BCUT2D eigenvalue weighted by atomic mass is 19.4. The number of pyridine rings is 2. The van der Waals surface area contributed by atoms with Crippen LogP contribution in [0.5, 0.6) is 0 Å². The third kappa shape index (κ3) is 2.34. The Morgan fingerprint density at radius 2 is 1.55 bits per heavy atom. The van der Waals surface area contributed by atoms with Crippen molar-refractivity contribution in [1.29, 1.82) is 0 Å². The summed E-state index contributed by atoms with van der Waals surface area (Å²) in [5, 5.41) is 0.935. The number of rotatable bonds is 1. The fourth-order valence-electron chi connectivity index (χ4n) is 1.96. The highest BCUT2D eigenvalue weighted by Crippen LogP contribution is 2.29. The summed E-state index contributed by atoms with van der Waals surface area (Å²) in [5.41, 5.74) is 1.30. The molecule has 3 aromatic rings. The van der Waals surface area contributed by atoms with Gasteiger partial charge in [0.15, 0.2) is 0 Å². The van der Waals surface area contributed by atoms with Gasteiger partial charge in [0.2, 0.25) is 0 Å². The normalized spacial score (nSPS) is 11.8. The third-order valence-electron chi connectivity index (χ3n) is 2.98. The molecule has 0 amide bonds. The van der Waals surface area contributed by atoms with E-state index < -0.39 is 11.9 Å². The van der Waals surface area contributed by atoms with Crippen LogP contribution in [0.2, 0.25) is 0 Å². The van der Waals surface area contributed by atoms with E-state index in [1.807, 2.05) is 30.3 Å². The second-order valence-electron chi connectivity index (χ2n) is 4.35. The lowest BCUT2D eigenvalue weighted by Crippen LogP contribution is -2.07. The molecule has 0 unspecified atom stereocenters. The highest BCUT2D eigenvalue weighted by molar-refractivity contribution is 5.83. The van der Waals surface area contributed by atoms with Crippen LogP contribution in [-0.2, 0) is 6.18 Å². The van der Waals surface area contributed by atoms with Crippen LogP contribution in [0.4, 0.5) is 13.2 Å². The molecule has 1 aromatic carbocycles. The van der Waals surface area contributed by atoms with Crippen molar-refractivity contribution in [2.24, 2.45) is 0 Å². The van der Waals surface area contributed by atoms with E-state index in [2.05, 4.69) is 9.97 Å². The molecule has 0 saturated heterocycles. The second kappa shape index (κ2) is 4.59. The van der Waals surface area contributed by atoms with Gasteiger partial charge in [-0.05, 0) is 18.2 Å². The summed E-state index contributed by atoms with van der Waals surface area (Å²) in [6.45, 7) is 0. The quantitative estimate of drug-likeness (QED) is 0.660. The van der Waals surface area contributed by atoms with Crippen molar-refractivity contribution in [3.05, 3.63) is 60.6 Å². The maximum absolute atomic E-state index is 12.5. The Kier molecular flexibility index (Phi) is 2.89. The van der Waals surface area contributed by atoms with Gasteiger partial charge in [-0.2, -0.15) is 13.2 Å². The standard InChI is InChI=1S/C15H9F3N2/c16-15(17,18)14-6-5-11(8-20-14)12-7-10-3-1-2-4-13(10)19-9-12/h1-9H. The summed E-state index contributed by atoms with van der Waals surface area (Å²) >= 11 is 0. The van der Waals surface area contributed by atoms with Gasteiger partial charge in [-0.1, -0.05) is 24.3 Å². The zero-order chi connectivity index (χ0) is 14.2. The maximum Gasteiger partial charge on any atom is 0.433 e. The predicted octanol–water partition coefficient (Wildman–Crippen LogP) is 4.32. The first-order valence-corrected chi connectivity index (χ1v) is 5.92. The zero-order valence-corrected chi connectivity index (χ0v) is 10.2. The minimum absolute atomic E-state index is 0.608. The number of fused-ring (bicyclic) bond motifs is 1. The van der Waals surface area contributed by atoms with E-state index in [1.165, 1.54) is 12.3 Å². The van der Waals surface area contributed by atoms with Crippen LogP contribution in [-0.4, -0.2) is 9.97 Å². The molecular weight excluding hydrogens is 265 g/mol. The maximum atomic E-state index is 12.5. The molecule has 5 heteroatoms. The number of alkyl halides is 3. The van der Waals surface area contributed by atoms with Gasteiger partial charge in [0.1, 0.15) is 5.69 Å². The number of halogens is 3. The largest absolute Gasteiger partial charge is 0.433 e. The molecule has 20 heavy (non-hydrogen) atoms. The van der Waals surface area contributed by atoms with E-state index in [4.69, 9.17) is 0 Å². The Morgan fingerprint density at radius 1 is 0.800 bits per heavy atom. The number of hydrogen-bond acceptors (Lipinski definition) is 2. The Morgan fingerprint density at radius 3 is 2.25 bits per heavy atom. The molecule has 3 rings (SSSR count). The van der Waals surface area contributed by atoms with Gasteiger partial charge in [-0.25, -0.2) is 0 Å². The molecule has 2 aromatic heterocycles. The molecule has 0 atom stereocenters. The van der Waals surface area contributed by atoms with Gasteiger partial charge in [0.05, 0.1) is 5.52 Å². The zero-order valence-electron chi connectivity index (χ0n) is 10.2. The van der Waals surface area contributed by atoms with Gasteiger partial charge in [0, 0.05) is 28.9 Å². The fraction of sp³-hybridized carbons (Fsp3) is 0.0667. The van der Waals surface area contributed by atoms with E-state index in [-0.39, 0.29) is 0 Å². The third-order valence-corrected chi connectivity index (χ3v) is 2.98. The Labute approximate surface area is 112 Å². The molecule has 0 N–H and O–H groups in total. The Bertz CT molecular complexity index is 749. The van der Waals surface area contributed by atoms with Gasteiger partial charge in [-0.3, -0.25) is 9.97 Å². The average molecular weight is 274 g/mol. The molecule has 100 valence electrons. The van der Waals surface area contributed by atoms with E-state index in [0.717, 1.165) is 22.5 Å². The van der Waals surface area contributed by atoms with Crippen LogP contribution in [0, 0.1) is 0 Å². The second-order valence-corrected chi connectivity index (χ2v) is 4.35. The van der Waals surface area contributed by atoms with Crippen molar-refractivity contribution in [3.63, 3.8) is 0 Å². The topological polar surface area (TPSA) is 25.8 Å². The molecule has 2 heterocycles. The molecule has 0 fully saturated rings. The van der Waals surface area contributed by atoms with Crippen molar-refractivity contribution in [2.75, 3.05) is 0 Å². The van der Waals surface area contributed by atoms with Crippen molar-refractivity contribution in [2.45, 2.75) is 6.18 Å². The molecule has 0 aliphatic heterocycles. The van der Waals surface area contributed by atoms with Crippen molar-refractivity contribution in [3.8, 4) is 11.1 Å². The van der Waals surface area contributed by atoms with Crippen molar-refractivity contribution in [1.82, 2.24) is 9.97 Å². The number of hydrogen-bond donors (Lipinski definition) is 0. The molecule has 2 nitrogen and oxygen atoms in total. The molecule has 0 bridgehead atoms. The minimum atomic E-state index is -4.42. The van der Waals surface area contributed by atoms with Crippen LogP contribution in [0.1, 0.15) is 5.69 Å². The minimum Gasteiger partial charge on any atom is -0.256 e. The smallest absolute Gasteiger partial charge is 0.256 e. The number of aromatic nitrogens is 2. The molecule has 0 spiro atoms. The lowest BCUT2D eigenvalue weighted by molar-refractivity contribution is -0.141. The van der Waals surface area contributed by atoms with Crippen LogP contribution < -0.4 is 0 Å². The van der Waals surface area contributed by atoms with Gasteiger partial charge >= 0.3 is 6.18 Å². The molecule has 0 saturated carbocycles. The van der Waals surface area contributed by atoms with Crippen molar-refractivity contribution >= 4 is 10.9 Å². The first kappa shape index (κ1) is 12.6. The van der Waals surface area contributed by atoms with Crippen LogP contribution in [0.3, 0.4) is 0 Å². The van der Waals surface area contributed by atoms with Crippen LogP contribution >= 0.6 is 0 Å². The van der Waals surface area contributed by atoms with Crippen molar-refractivity contribution < 1.29 is 13.2 Å². The molecule has 0 radical (unpaired) electrons. The lowest BCUT2D eigenvalue weighted by atomic mass is 10.1. The first-order chi connectivity index (χ1) is 9.54. The summed E-state index contributed by atoms with van der Waals surface area (Å²) in [5.74, 6) is 0. The SMILES string of the molecule is FC(F)(F)c1ccc(-c2cnc3ccccc3c2)cn1. The van der Waals surface area contributed by atoms with Crippen LogP contribution in [0.15, 0.2) is 54.9 Å². The average Bonchev–Trinajstić information content (AvgIpc) is 2.46. The first-order valence-electron chi connectivity index (χ1n) is 5.92. The highest BCUT2D eigenvalue weighted by Gasteiger charge is 2.32. The van der Waals surface area contributed by atoms with Gasteiger partial charge in [-0.15, -0.1) is 0 Å². The van der Waals surface area contributed by atoms with E-state index in [0.29, 0.717) is 5.56 Å². The van der Waals surface area contributed by atoms with E-state index in [1.54, 1.807) is 6.20 Å². The van der Waals surface area contributed by atoms with Gasteiger partial charge in [0.25, 0.3) is 0 Å². The fourth-order valence-corrected chi connectivity index (χ4v) is 1.96. The lowest BCUT2D eigenvalue weighted by Gasteiger charge is -2.07. The molecular formula is C15H9F3N2. The number of nitrogens with zero attached hydrogens (tertiary/aromatic N) is 2. The summed E-state index contributed by atoms with van der Waals surface area (Å²) in [4.78, 5) is 7.73. The summed E-state index contributed by atoms with van der Waals surface area (Å²) < 4.78 is 37.4. The summed E-state index contributed by atoms with van der Waals surface area (Å²) in [7, 11) is 0. The van der Waals surface area contributed by atoms with Crippen LogP contribution in [0.25, 0.3) is 22.0 Å². The summed E-state index contributed by atoms with van der Waals surface area (Å²) in [6, 6.07) is 11.8. The van der Waals surface area contributed by atoms with E-state index >= 15 is 0 Å². The van der Waals surface area contributed by atoms with E-state index in [9.17, 15) is 13.2 Å². The number of para-hydroxylation sites is 1. The van der Waals surface area contributed by atoms with Gasteiger partial charge < -0.3 is 0 Å². The molecule has 0 aliphatic rings. The Balaban J connectivity index is 2.02. The number of benzene rings is 1. The summed E-state index contributed by atoms with van der Waals surface area (Å²) in [6.07, 6.45) is -1.57. The monoisotopic (exact) mass is 274 g/mol. The Hall–Kier alpha value is -2.43.